The molecule has 92 valence electrons. The highest BCUT2D eigenvalue weighted by Gasteiger charge is 2.37. The van der Waals surface area contributed by atoms with Gasteiger partial charge in [0.1, 0.15) is 12.1 Å². The largest absolute Gasteiger partial charge is 0.356 e. The molecule has 17 heavy (non-hydrogen) atoms. The molecule has 1 saturated heterocycles. The quantitative estimate of drug-likeness (QED) is 0.794. The molecule has 1 aliphatic heterocycles. The third-order valence-corrected chi connectivity index (χ3v) is 4.20. The van der Waals surface area contributed by atoms with Crippen molar-refractivity contribution in [2.75, 3.05) is 18.0 Å². The van der Waals surface area contributed by atoms with Crippen molar-refractivity contribution >= 4 is 5.82 Å². The first-order valence-electron chi connectivity index (χ1n) is 6.51. The van der Waals surface area contributed by atoms with Crippen molar-refractivity contribution < 1.29 is 0 Å². The van der Waals surface area contributed by atoms with Crippen molar-refractivity contribution in [2.45, 2.75) is 32.2 Å². The lowest BCUT2D eigenvalue weighted by molar-refractivity contribution is 0.271. The summed E-state index contributed by atoms with van der Waals surface area (Å²) in [6.45, 7) is 4.28. The molecule has 1 saturated carbocycles. The number of hydrogen-bond donors (Lipinski definition) is 1. The van der Waals surface area contributed by atoms with Crippen LogP contribution >= 0.6 is 0 Å². The fourth-order valence-corrected chi connectivity index (χ4v) is 3.27. The molecule has 0 bridgehead atoms. The van der Waals surface area contributed by atoms with Crippen LogP contribution in [0.5, 0.6) is 0 Å². The van der Waals surface area contributed by atoms with Gasteiger partial charge >= 0.3 is 0 Å². The summed E-state index contributed by atoms with van der Waals surface area (Å²) >= 11 is 0. The summed E-state index contributed by atoms with van der Waals surface area (Å²) in [6.07, 6.45) is 5.33. The number of nitrogens with zero attached hydrogens (tertiary/aromatic N) is 3. The Hall–Kier alpha value is -1.16. The number of rotatable bonds is 1. The van der Waals surface area contributed by atoms with Gasteiger partial charge in [-0.1, -0.05) is 0 Å². The molecular formula is C13H20N4. The summed E-state index contributed by atoms with van der Waals surface area (Å²) in [4.78, 5) is 10.9. The summed E-state index contributed by atoms with van der Waals surface area (Å²) in [5, 5.41) is 0. The Bertz CT molecular complexity index is 406. The molecule has 4 heteroatoms. The Morgan fingerprint density at radius 3 is 2.88 bits per heavy atom. The van der Waals surface area contributed by atoms with Crippen LogP contribution in [0.1, 0.15) is 25.0 Å². The van der Waals surface area contributed by atoms with E-state index < -0.39 is 0 Å². The van der Waals surface area contributed by atoms with Gasteiger partial charge in [0.25, 0.3) is 0 Å². The first-order chi connectivity index (χ1) is 8.22. The van der Waals surface area contributed by atoms with Crippen LogP contribution in [0.25, 0.3) is 0 Å². The van der Waals surface area contributed by atoms with E-state index in [1.165, 1.54) is 19.3 Å². The van der Waals surface area contributed by atoms with Gasteiger partial charge in [-0.3, -0.25) is 0 Å². The van der Waals surface area contributed by atoms with Crippen LogP contribution in [0.3, 0.4) is 0 Å². The van der Waals surface area contributed by atoms with Gasteiger partial charge in [-0.05, 0) is 38.0 Å². The number of aryl methyl sites for hydroxylation is 1. The van der Waals surface area contributed by atoms with Gasteiger partial charge in [-0.2, -0.15) is 0 Å². The second kappa shape index (κ2) is 4.26. The molecular weight excluding hydrogens is 212 g/mol. The van der Waals surface area contributed by atoms with E-state index >= 15 is 0 Å². The van der Waals surface area contributed by atoms with Crippen LogP contribution in [-0.2, 0) is 0 Å². The Morgan fingerprint density at radius 2 is 2.06 bits per heavy atom. The summed E-state index contributed by atoms with van der Waals surface area (Å²) in [6, 6.07) is 2.50. The Balaban J connectivity index is 1.75. The molecule has 1 aromatic heterocycles. The van der Waals surface area contributed by atoms with E-state index in [2.05, 4.69) is 20.9 Å². The molecule has 2 N–H and O–H groups in total. The third-order valence-electron chi connectivity index (χ3n) is 4.20. The fraction of sp³-hybridized carbons (Fsp3) is 0.692. The minimum atomic E-state index is 0.420. The maximum absolute atomic E-state index is 6.05. The highest BCUT2D eigenvalue weighted by Crippen LogP contribution is 2.37. The molecule has 2 fully saturated rings. The van der Waals surface area contributed by atoms with Crippen molar-refractivity contribution in [3.8, 4) is 0 Å². The van der Waals surface area contributed by atoms with Crippen LogP contribution < -0.4 is 10.6 Å². The number of hydrogen-bond acceptors (Lipinski definition) is 4. The van der Waals surface area contributed by atoms with E-state index in [1.54, 1.807) is 6.33 Å². The fourth-order valence-electron chi connectivity index (χ4n) is 3.27. The average molecular weight is 232 g/mol. The SMILES string of the molecule is Cc1cc(N2C[C@H]3CCC(N)C[C@H]3C2)ncn1. The maximum atomic E-state index is 6.05. The molecule has 0 spiro atoms. The first-order valence-corrected chi connectivity index (χ1v) is 6.51. The van der Waals surface area contributed by atoms with Crippen molar-refractivity contribution in [1.29, 1.82) is 0 Å². The van der Waals surface area contributed by atoms with Crippen molar-refractivity contribution in [3.05, 3.63) is 18.1 Å². The molecule has 3 rings (SSSR count). The minimum absolute atomic E-state index is 0.420. The van der Waals surface area contributed by atoms with Crippen LogP contribution in [0.15, 0.2) is 12.4 Å². The lowest BCUT2D eigenvalue weighted by Gasteiger charge is -2.27. The van der Waals surface area contributed by atoms with Crippen molar-refractivity contribution in [1.82, 2.24) is 9.97 Å². The van der Waals surface area contributed by atoms with E-state index in [0.29, 0.717) is 6.04 Å². The molecule has 0 radical (unpaired) electrons. The summed E-state index contributed by atoms with van der Waals surface area (Å²) < 4.78 is 0. The molecule has 0 amide bonds. The lowest BCUT2D eigenvalue weighted by Crippen LogP contribution is -2.32. The summed E-state index contributed by atoms with van der Waals surface area (Å²) in [5.74, 6) is 2.68. The molecule has 1 aromatic rings. The van der Waals surface area contributed by atoms with Crippen LogP contribution in [0.2, 0.25) is 0 Å². The monoisotopic (exact) mass is 232 g/mol. The smallest absolute Gasteiger partial charge is 0.132 e. The summed E-state index contributed by atoms with van der Waals surface area (Å²) in [7, 11) is 0. The van der Waals surface area contributed by atoms with Gasteiger partial charge in [-0.15, -0.1) is 0 Å². The van der Waals surface area contributed by atoms with Crippen LogP contribution in [0.4, 0.5) is 5.82 Å². The Kier molecular flexibility index (Phi) is 2.74. The third kappa shape index (κ3) is 2.14. The number of anilines is 1. The highest BCUT2D eigenvalue weighted by molar-refractivity contribution is 5.40. The minimum Gasteiger partial charge on any atom is -0.356 e. The zero-order valence-corrected chi connectivity index (χ0v) is 10.3. The number of aromatic nitrogens is 2. The Morgan fingerprint density at radius 1 is 1.24 bits per heavy atom. The van der Waals surface area contributed by atoms with Crippen LogP contribution in [0, 0.1) is 18.8 Å². The van der Waals surface area contributed by atoms with Gasteiger partial charge in [0.2, 0.25) is 0 Å². The highest BCUT2D eigenvalue weighted by atomic mass is 15.2. The van der Waals surface area contributed by atoms with E-state index in [9.17, 15) is 0 Å². The standard InChI is InChI=1S/C13H20N4/c1-9-4-13(16-8-15-9)17-6-10-2-3-12(14)5-11(10)7-17/h4,8,10-12H,2-3,5-7,14H2,1H3/t10-,11+,12?/m1/s1. The van der Waals surface area contributed by atoms with E-state index in [0.717, 1.165) is 36.4 Å². The lowest BCUT2D eigenvalue weighted by atomic mass is 9.79. The molecule has 2 heterocycles. The number of nitrogens with two attached hydrogens (primary N) is 1. The van der Waals surface area contributed by atoms with Crippen LogP contribution in [-0.4, -0.2) is 29.1 Å². The van der Waals surface area contributed by atoms with Gasteiger partial charge in [0.05, 0.1) is 0 Å². The van der Waals surface area contributed by atoms with Gasteiger partial charge in [0, 0.05) is 30.9 Å². The predicted octanol–water partition coefficient (Wildman–Crippen LogP) is 1.35. The second-order valence-corrected chi connectivity index (χ2v) is 5.52. The molecule has 0 aromatic carbocycles. The van der Waals surface area contributed by atoms with E-state index in [4.69, 9.17) is 5.73 Å². The predicted molar refractivity (Wildman–Crippen MR) is 67.8 cm³/mol. The zero-order chi connectivity index (χ0) is 11.8. The van der Waals surface area contributed by atoms with Gasteiger partial charge in [0.15, 0.2) is 0 Å². The van der Waals surface area contributed by atoms with E-state index in [1.807, 2.05) is 6.92 Å². The first kappa shape index (κ1) is 11.0. The number of fused-ring (bicyclic) bond motifs is 1. The molecule has 1 aliphatic carbocycles. The molecule has 3 atom stereocenters. The second-order valence-electron chi connectivity index (χ2n) is 5.52. The topological polar surface area (TPSA) is 55.0 Å². The Labute approximate surface area is 102 Å². The zero-order valence-electron chi connectivity index (χ0n) is 10.3. The van der Waals surface area contributed by atoms with E-state index in [-0.39, 0.29) is 0 Å². The normalized spacial score (nSPS) is 32.6. The molecule has 1 unspecified atom stereocenters. The van der Waals surface area contributed by atoms with Crippen molar-refractivity contribution in [2.24, 2.45) is 17.6 Å². The maximum Gasteiger partial charge on any atom is 0.132 e. The van der Waals surface area contributed by atoms with Gasteiger partial charge in [-0.25, -0.2) is 9.97 Å². The van der Waals surface area contributed by atoms with Crippen molar-refractivity contribution in [3.63, 3.8) is 0 Å². The van der Waals surface area contributed by atoms with Gasteiger partial charge < -0.3 is 10.6 Å². The summed E-state index contributed by atoms with van der Waals surface area (Å²) in [5.41, 5.74) is 7.10. The molecule has 2 aliphatic rings. The molecule has 4 nitrogen and oxygen atoms in total. The average Bonchev–Trinajstić information content (AvgIpc) is 2.72.